The summed E-state index contributed by atoms with van der Waals surface area (Å²) in [5, 5.41) is 11.3. The monoisotopic (exact) mass is 550 g/mol. The SMILES string of the molecule is C[C@@H](COCc1ccccc1)[C@H](O)CC1(C[C@H]2COC(c3ccccc3)(c3ccccc3)O2)SCCCS1. The van der Waals surface area contributed by atoms with Crippen LogP contribution in [-0.4, -0.2) is 46.1 Å². The van der Waals surface area contributed by atoms with Gasteiger partial charge in [0, 0.05) is 17.0 Å². The molecule has 0 aliphatic carbocycles. The van der Waals surface area contributed by atoms with Gasteiger partial charge in [-0.25, -0.2) is 0 Å². The minimum absolute atomic E-state index is 0.0483. The van der Waals surface area contributed by atoms with Crippen molar-refractivity contribution >= 4 is 23.5 Å². The second kappa shape index (κ2) is 13.0. The van der Waals surface area contributed by atoms with Crippen molar-refractivity contribution in [2.75, 3.05) is 24.7 Å². The van der Waals surface area contributed by atoms with Crippen molar-refractivity contribution in [3.63, 3.8) is 0 Å². The summed E-state index contributed by atoms with van der Waals surface area (Å²) in [5.74, 6) is 1.35. The van der Waals surface area contributed by atoms with Gasteiger partial charge in [-0.3, -0.25) is 0 Å². The Morgan fingerprint density at radius 1 is 0.895 bits per heavy atom. The lowest BCUT2D eigenvalue weighted by atomic mass is 9.97. The molecule has 2 fully saturated rings. The van der Waals surface area contributed by atoms with E-state index in [0.717, 1.165) is 34.6 Å². The van der Waals surface area contributed by atoms with E-state index in [-0.39, 0.29) is 16.1 Å². The topological polar surface area (TPSA) is 47.9 Å². The van der Waals surface area contributed by atoms with E-state index in [9.17, 15) is 5.11 Å². The zero-order chi connectivity index (χ0) is 26.3. The van der Waals surface area contributed by atoms with Crippen LogP contribution in [0.3, 0.4) is 0 Å². The molecule has 1 N–H and O–H groups in total. The second-order valence-electron chi connectivity index (χ2n) is 10.3. The van der Waals surface area contributed by atoms with E-state index in [4.69, 9.17) is 14.2 Å². The first kappa shape index (κ1) is 27.8. The average molecular weight is 551 g/mol. The van der Waals surface area contributed by atoms with Gasteiger partial charge in [-0.05, 0) is 36.3 Å². The molecule has 2 aliphatic heterocycles. The van der Waals surface area contributed by atoms with Gasteiger partial charge < -0.3 is 19.3 Å². The highest BCUT2D eigenvalue weighted by Gasteiger charge is 2.48. The number of hydrogen-bond donors (Lipinski definition) is 1. The van der Waals surface area contributed by atoms with Crippen molar-refractivity contribution in [3.05, 3.63) is 108 Å². The summed E-state index contributed by atoms with van der Waals surface area (Å²) in [7, 11) is 0. The van der Waals surface area contributed by atoms with Crippen molar-refractivity contribution in [1.82, 2.24) is 0 Å². The fourth-order valence-electron chi connectivity index (χ4n) is 5.25. The molecular weight excluding hydrogens is 512 g/mol. The number of benzene rings is 3. The molecule has 4 nitrogen and oxygen atoms in total. The zero-order valence-corrected chi connectivity index (χ0v) is 23.7. The van der Waals surface area contributed by atoms with Crippen molar-refractivity contribution in [2.24, 2.45) is 5.92 Å². The van der Waals surface area contributed by atoms with Crippen LogP contribution in [0.4, 0.5) is 0 Å². The Kier molecular flexibility index (Phi) is 9.52. The summed E-state index contributed by atoms with van der Waals surface area (Å²) in [6, 6.07) is 30.7. The predicted octanol–water partition coefficient (Wildman–Crippen LogP) is 6.86. The van der Waals surface area contributed by atoms with Crippen LogP contribution in [0.25, 0.3) is 0 Å². The average Bonchev–Trinajstić information content (AvgIpc) is 3.39. The molecule has 38 heavy (non-hydrogen) atoms. The van der Waals surface area contributed by atoms with E-state index in [2.05, 4.69) is 43.3 Å². The number of rotatable bonds is 11. The molecule has 0 bridgehead atoms. The van der Waals surface area contributed by atoms with Crippen LogP contribution in [0.5, 0.6) is 0 Å². The van der Waals surface area contributed by atoms with Gasteiger partial charge in [-0.15, -0.1) is 23.5 Å². The van der Waals surface area contributed by atoms with Crippen LogP contribution in [0, 0.1) is 5.92 Å². The van der Waals surface area contributed by atoms with Crippen LogP contribution in [-0.2, 0) is 26.6 Å². The highest BCUT2D eigenvalue weighted by molar-refractivity contribution is 8.18. The molecule has 202 valence electrons. The fourth-order valence-corrected chi connectivity index (χ4v) is 8.77. The van der Waals surface area contributed by atoms with Gasteiger partial charge in [0.15, 0.2) is 0 Å². The molecule has 3 aromatic carbocycles. The normalized spacial score (nSPS) is 22.1. The van der Waals surface area contributed by atoms with Crippen LogP contribution in [0.1, 0.15) is 42.9 Å². The maximum absolute atomic E-state index is 11.3. The minimum atomic E-state index is -0.907. The van der Waals surface area contributed by atoms with E-state index >= 15 is 0 Å². The standard InChI is InChI=1S/C32H38O4S2/c1-25(22-34-23-26-12-5-2-6-13-26)30(33)21-31(37-18-11-19-38-31)20-29-24-35-32(36-29,27-14-7-3-8-15-27)28-16-9-4-10-17-28/h2-10,12-17,25,29-30,33H,11,18-24H2,1H3/t25-,29-,30+/m0/s1. The van der Waals surface area contributed by atoms with Gasteiger partial charge in [-0.1, -0.05) is 97.9 Å². The quantitative estimate of drug-likeness (QED) is 0.281. The highest BCUT2D eigenvalue weighted by atomic mass is 32.2. The summed E-state index contributed by atoms with van der Waals surface area (Å²) in [6.45, 7) is 3.72. The molecule has 0 unspecified atom stereocenters. The van der Waals surface area contributed by atoms with Crippen molar-refractivity contribution in [3.8, 4) is 0 Å². The summed E-state index contributed by atoms with van der Waals surface area (Å²) in [4.78, 5) is 0. The molecule has 0 radical (unpaired) electrons. The lowest BCUT2D eigenvalue weighted by Crippen LogP contribution is -2.38. The first-order chi connectivity index (χ1) is 18.6. The van der Waals surface area contributed by atoms with E-state index < -0.39 is 11.9 Å². The van der Waals surface area contributed by atoms with Gasteiger partial charge in [0.25, 0.3) is 0 Å². The Bertz CT molecular complexity index is 1070. The summed E-state index contributed by atoms with van der Waals surface area (Å²) >= 11 is 3.96. The lowest BCUT2D eigenvalue weighted by molar-refractivity contribution is -0.143. The summed E-state index contributed by atoms with van der Waals surface area (Å²) in [5.41, 5.74) is 3.18. The highest BCUT2D eigenvalue weighted by Crippen LogP contribution is 2.52. The third-order valence-electron chi connectivity index (χ3n) is 7.34. The Hall–Kier alpha value is -1.80. The maximum Gasteiger partial charge on any atom is 0.222 e. The largest absolute Gasteiger partial charge is 0.393 e. The smallest absolute Gasteiger partial charge is 0.222 e. The minimum Gasteiger partial charge on any atom is -0.393 e. The lowest BCUT2D eigenvalue weighted by Gasteiger charge is -2.40. The third-order valence-corrected chi connectivity index (χ3v) is 10.8. The molecular formula is C32H38O4S2. The molecule has 2 saturated heterocycles. The van der Waals surface area contributed by atoms with Gasteiger partial charge in [0.1, 0.15) is 0 Å². The first-order valence-electron chi connectivity index (χ1n) is 13.6. The Labute approximate surface area is 235 Å². The summed E-state index contributed by atoms with van der Waals surface area (Å²) in [6.07, 6.45) is 2.23. The van der Waals surface area contributed by atoms with E-state index in [1.54, 1.807) is 0 Å². The van der Waals surface area contributed by atoms with Crippen LogP contribution >= 0.6 is 23.5 Å². The first-order valence-corrected chi connectivity index (χ1v) is 15.6. The molecule has 0 saturated carbocycles. The Morgan fingerprint density at radius 3 is 2.08 bits per heavy atom. The molecule has 2 heterocycles. The molecule has 3 aromatic rings. The molecule has 0 amide bonds. The van der Waals surface area contributed by atoms with Crippen LogP contribution < -0.4 is 0 Å². The van der Waals surface area contributed by atoms with Gasteiger partial charge in [-0.2, -0.15) is 0 Å². The molecule has 5 rings (SSSR count). The molecule has 0 spiro atoms. The summed E-state index contributed by atoms with van der Waals surface area (Å²) < 4.78 is 19.2. The number of aliphatic hydroxyl groups is 1. The predicted molar refractivity (Wildman–Crippen MR) is 157 cm³/mol. The number of hydrogen-bond acceptors (Lipinski definition) is 6. The van der Waals surface area contributed by atoms with E-state index in [0.29, 0.717) is 26.2 Å². The second-order valence-corrected chi connectivity index (χ2v) is 13.5. The van der Waals surface area contributed by atoms with Crippen LogP contribution in [0.2, 0.25) is 0 Å². The van der Waals surface area contributed by atoms with Crippen molar-refractivity contribution in [2.45, 2.75) is 54.9 Å². The van der Waals surface area contributed by atoms with E-state index in [1.807, 2.05) is 78.1 Å². The fraction of sp³-hybridized carbons (Fsp3) is 0.438. The molecule has 0 aromatic heterocycles. The van der Waals surface area contributed by atoms with Gasteiger partial charge in [0.05, 0.1) is 36.1 Å². The van der Waals surface area contributed by atoms with E-state index in [1.165, 1.54) is 6.42 Å². The Morgan fingerprint density at radius 2 is 1.47 bits per heavy atom. The maximum atomic E-state index is 11.3. The molecule has 3 atom stereocenters. The van der Waals surface area contributed by atoms with Crippen molar-refractivity contribution < 1.29 is 19.3 Å². The Balaban J connectivity index is 1.26. The number of ether oxygens (including phenoxy) is 3. The number of aliphatic hydroxyl groups excluding tert-OH is 1. The molecule has 6 heteroatoms. The van der Waals surface area contributed by atoms with Crippen molar-refractivity contribution in [1.29, 1.82) is 0 Å². The van der Waals surface area contributed by atoms with Gasteiger partial charge in [0.2, 0.25) is 5.79 Å². The third kappa shape index (κ3) is 6.67. The van der Waals surface area contributed by atoms with Gasteiger partial charge >= 0.3 is 0 Å². The zero-order valence-electron chi connectivity index (χ0n) is 22.0. The van der Waals surface area contributed by atoms with Crippen LogP contribution in [0.15, 0.2) is 91.0 Å². The number of thioether (sulfide) groups is 2. The molecule has 2 aliphatic rings.